The maximum Gasteiger partial charge on any atom is 0.242 e. The number of carbonyl (C=O) groups excluding carboxylic acids is 1. The zero-order chi connectivity index (χ0) is 13.2. The summed E-state index contributed by atoms with van der Waals surface area (Å²) in [6.45, 7) is 1.26. The molecule has 0 aliphatic rings. The average molecular weight is 260 g/mol. The summed E-state index contributed by atoms with van der Waals surface area (Å²) in [4.78, 5) is 11.5. The largest absolute Gasteiger partial charge is 0.399 e. The van der Waals surface area contributed by atoms with Gasteiger partial charge in [-0.3, -0.25) is 4.79 Å². The Morgan fingerprint density at radius 1 is 1.41 bits per heavy atom. The minimum absolute atomic E-state index is 0.128. The van der Waals surface area contributed by atoms with Gasteiger partial charge in [-0.2, -0.15) is 0 Å². The molecule has 1 atom stereocenters. The van der Waals surface area contributed by atoms with E-state index in [4.69, 9.17) is 5.73 Å². The Bertz CT molecular complexity index is 522. The molecule has 0 spiro atoms. The molecule has 0 bridgehead atoms. The number of amides is 1. The second kappa shape index (κ2) is 4.70. The standard InChI is InChI=1S/C10H13FN2O3S/c1-6(17(2,15)16)10(14)13-9-4-7(11)3-8(12)5-9/h3-6H,12H2,1-2H3,(H,13,14). The maximum atomic E-state index is 13.0. The number of benzene rings is 1. The highest BCUT2D eigenvalue weighted by atomic mass is 32.2. The van der Waals surface area contributed by atoms with E-state index < -0.39 is 26.8 Å². The van der Waals surface area contributed by atoms with E-state index >= 15 is 0 Å². The van der Waals surface area contributed by atoms with E-state index in [-0.39, 0.29) is 11.4 Å². The Hall–Kier alpha value is -1.63. The van der Waals surface area contributed by atoms with Crippen LogP contribution in [-0.2, 0) is 14.6 Å². The van der Waals surface area contributed by atoms with Gasteiger partial charge in [0.2, 0.25) is 5.91 Å². The molecule has 1 unspecified atom stereocenters. The van der Waals surface area contributed by atoms with Crippen molar-refractivity contribution in [1.29, 1.82) is 0 Å². The number of hydrogen-bond acceptors (Lipinski definition) is 4. The fourth-order valence-corrected chi connectivity index (χ4v) is 1.57. The Labute approximate surface area is 98.7 Å². The summed E-state index contributed by atoms with van der Waals surface area (Å²) in [7, 11) is -3.48. The van der Waals surface area contributed by atoms with Gasteiger partial charge in [0.05, 0.1) is 0 Å². The fourth-order valence-electron chi connectivity index (χ4n) is 1.12. The van der Waals surface area contributed by atoms with Crippen molar-refractivity contribution in [3.8, 4) is 0 Å². The van der Waals surface area contributed by atoms with Gasteiger partial charge >= 0.3 is 0 Å². The van der Waals surface area contributed by atoms with Gasteiger partial charge < -0.3 is 11.1 Å². The van der Waals surface area contributed by atoms with Crippen molar-refractivity contribution in [3.05, 3.63) is 24.0 Å². The molecule has 0 heterocycles. The molecule has 1 aromatic rings. The summed E-state index contributed by atoms with van der Waals surface area (Å²) in [5, 5.41) is 1.09. The number of nitrogen functional groups attached to an aromatic ring is 1. The number of nitrogens with one attached hydrogen (secondary N) is 1. The molecule has 5 nitrogen and oxygen atoms in total. The van der Waals surface area contributed by atoms with Crippen LogP contribution in [0.5, 0.6) is 0 Å². The fraction of sp³-hybridized carbons (Fsp3) is 0.300. The van der Waals surface area contributed by atoms with Crippen LogP contribution in [0.2, 0.25) is 0 Å². The molecule has 94 valence electrons. The monoisotopic (exact) mass is 260 g/mol. The Balaban J connectivity index is 2.89. The molecule has 0 radical (unpaired) electrons. The van der Waals surface area contributed by atoms with E-state index in [1.165, 1.54) is 13.0 Å². The second-order valence-corrected chi connectivity index (χ2v) is 6.10. The van der Waals surface area contributed by atoms with Gasteiger partial charge in [-0.05, 0) is 25.1 Å². The smallest absolute Gasteiger partial charge is 0.242 e. The van der Waals surface area contributed by atoms with E-state index in [0.29, 0.717) is 0 Å². The summed E-state index contributed by atoms with van der Waals surface area (Å²) in [5.41, 5.74) is 5.66. The van der Waals surface area contributed by atoms with Crippen molar-refractivity contribution in [1.82, 2.24) is 0 Å². The van der Waals surface area contributed by atoms with Gasteiger partial charge in [-0.25, -0.2) is 12.8 Å². The number of carbonyl (C=O) groups is 1. The maximum absolute atomic E-state index is 13.0. The van der Waals surface area contributed by atoms with Crippen molar-refractivity contribution in [2.45, 2.75) is 12.2 Å². The quantitative estimate of drug-likeness (QED) is 0.786. The summed E-state index contributed by atoms with van der Waals surface area (Å²) in [5.74, 6) is -1.33. The molecular formula is C10H13FN2O3S. The first-order valence-corrected chi connectivity index (χ1v) is 6.71. The normalized spacial score (nSPS) is 13.1. The highest BCUT2D eigenvalue weighted by Crippen LogP contribution is 2.16. The Morgan fingerprint density at radius 3 is 2.47 bits per heavy atom. The number of sulfone groups is 1. The molecule has 3 N–H and O–H groups in total. The zero-order valence-electron chi connectivity index (χ0n) is 9.40. The third-order valence-electron chi connectivity index (χ3n) is 2.20. The topological polar surface area (TPSA) is 89.3 Å². The van der Waals surface area contributed by atoms with E-state index in [2.05, 4.69) is 5.32 Å². The van der Waals surface area contributed by atoms with E-state index in [1.807, 2.05) is 0 Å². The van der Waals surface area contributed by atoms with Crippen LogP contribution in [0.3, 0.4) is 0 Å². The van der Waals surface area contributed by atoms with Crippen molar-refractivity contribution < 1.29 is 17.6 Å². The van der Waals surface area contributed by atoms with Crippen molar-refractivity contribution >= 4 is 27.1 Å². The summed E-state index contributed by atoms with van der Waals surface area (Å²) in [6.07, 6.45) is 0.956. The lowest BCUT2D eigenvalue weighted by Crippen LogP contribution is -2.31. The molecule has 1 rings (SSSR count). The van der Waals surface area contributed by atoms with Crippen molar-refractivity contribution in [3.63, 3.8) is 0 Å². The van der Waals surface area contributed by atoms with Crippen molar-refractivity contribution in [2.24, 2.45) is 0 Å². The molecule has 17 heavy (non-hydrogen) atoms. The molecule has 7 heteroatoms. The molecule has 0 aliphatic heterocycles. The lowest BCUT2D eigenvalue weighted by Gasteiger charge is -2.10. The number of rotatable bonds is 3. The Morgan fingerprint density at radius 2 is 2.00 bits per heavy atom. The first kappa shape index (κ1) is 13.4. The van der Waals surface area contributed by atoms with Gasteiger partial charge in [0.15, 0.2) is 9.84 Å². The highest BCUT2D eigenvalue weighted by Gasteiger charge is 2.23. The molecule has 1 aromatic carbocycles. The molecule has 0 fully saturated rings. The lowest BCUT2D eigenvalue weighted by atomic mass is 10.2. The first-order valence-electron chi connectivity index (χ1n) is 4.76. The van der Waals surface area contributed by atoms with Crippen molar-refractivity contribution in [2.75, 3.05) is 17.3 Å². The molecule has 0 aliphatic carbocycles. The number of halogens is 1. The van der Waals surface area contributed by atoms with E-state index in [1.54, 1.807) is 0 Å². The van der Waals surface area contributed by atoms with Gasteiger partial charge in [-0.1, -0.05) is 0 Å². The predicted octanol–water partition coefficient (Wildman–Crippen LogP) is 0.780. The van der Waals surface area contributed by atoms with Crippen LogP contribution in [0.1, 0.15) is 6.92 Å². The van der Waals surface area contributed by atoms with Crippen LogP contribution in [0, 0.1) is 5.82 Å². The third-order valence-corrected chi connectivity index (χ3v) is 3.70. The molecular weight excluding hydrogens is 247 g/mol. The number of nitrogens with two attached hydrogens (primary N) is 1. The molecule has 0 aromatic heterocycles. The number of anilines is 2. The van der Waals surface area contributed by atoms with Crippen LogP contribution in [-0.4, -0.2) is 25.8 Å². The van der Waals surface area contributed by atoms with Gasteiger partial charge in [0.25, 0.3) is 0 Å². The number of hydrogen-bond donors (Lipinski definition) is 2. The van der Waals surface area contributed by atoms with Crippen LogP contribution in [0.25, 0.3) is 0 Å². The van der Waals surface area contributed by atoms with Gasteiger partial charge in [-0.15, -0.1) is 0 Å². The third kappa shape index (κ3) is 3.70. The van der Waals surface area contributed by atoms with Gasteiger partial charge in [0, 0.05) is 17.6 Å². The van der Waals surface area contributed by atoms with Crippen LogP contribution < -0.4 is 11.1 Å². The van der Waals surface area contributed by atoms with E-state index in [9.17, 15) is 17.6 Å². The Kier molecular flexibility index (Phi) is 3.72. The summed E-state index contributed by atoms with van der Waals surface area (Å²) in [6, 6.07) is 3.49. The van der Waals surface area contributed by atoms with E-state index in [0.717, 1.165) is 18.4 Å². The highest BCUT2D eigenvalue weighted by molar-refractivity contribution is 7.92. The SMILES string of the molecule is CC(C(=O)Nc1cc(N)cc(F)c1)S(C)(=O)=O. The summed E-state index contributed by atoms with van der Waals surface area (Å²) >= 11 is 0. The van der Waals surface area contributed by atoms with Crippen LogP contribution >= 0.6 is 0 Å². The molecule has 0 saturated heterocycles. The molecule has 1 amide bonds. The summed E-state index contributed by atoms with van der Waals surface area (Å²) < 4.78 is 35.2. The minimum atomic E-state index is -3.48. The second-order valence-electron chi connectivity index (χ2n) is 3.73. The minimum Gasteiger partial charge on any atom is -0.399 e. The van der Waals surface area contributed by atoms with Gasteiger partial charge in [0.1, 0.15) is 11.1 Å². The van der Waals surface area contributed by atoms with Crippen LogP contribution in [0.4, 0.5) is 15.8 Å². The van der Waals surface area contributed by atoms with Crippen LogP contribution in [0.15, 0.2) is 18.2 Å². The molecule has 0 saturated carbocycles. The first-order chi connectivity index (χ1) is 7.70. The average Bonchev–Trinajstić information content (AvgIpc) is 2.13. The lowest BCUT2D eigenvalue weighted by molar-refractivity contribution is -0.115. The zero-order valence-corrected chi connectivity index (χ0v) is 10.2. The predicted molar refractivity (Wildman–Crippen MR) is 63.7 cm³/mol.